The van der Waals surface area contributed by atoms with Gasteiger partial charge in [-0.25, -0.2) is 17.2 Å². The van der Waals surface area contributed by atoms with Crippen molar-refractivity contribution >= 4 is 50.7 Å². The average molecular weight is 522 g/mol. The van der Waals surface area contributed by atoms with Gasteiger partial charge in [-0.3, -0.25) is 13.9 Å². The second kappa shape index (κ2) is 11.1. The molecule has 0 saturated carbocycles. The second-order valence-electron chi connectivity index (χ2n) is 7.13. The first-order valence-electron chi connectivity index (χ1n) is 9.77. The molecule has 1 N–H and O–H groups in total. The van der Waals surface area contributed by atoms with E-state index in [0.717, 1.165) is 23.3 Å². The summed E-state index contributed by atoms with van der Waals surface area (Å²) in [4.78, 5) is 27.0. The van der Waals surface area contributed by atoms with E-state index >= 15 is 0 Å². The number of rotatable bonds is 9. The molecule has 7 nitrogen and oxygen atoms in total. The van der Waals surface area contributed by atoms with Crippen LogP contribution in [-0.2, 0) is 26.2 Å². The molecule has 2 rings (SSSR count). The van der Waals surface area contributed by atoms with Crippen molar-refractivity contribution < 1.29 is 26.8 Å². The van der Waals surface area contributed by atoms with Crippen LogP contribution in [0.1, 0.15) is 18.9 Å². The molecule has 0 fully saturated rings. The van der Waals surface area contributed by atoms with Crippen molar-refractivity contribution in [1.29, 1.82) is 0 Å². The standard InChI is InChI=1S/C21H23Cl2F2N3O4S/c1-4-19(21(30)26-2)27(11-14-15(22)6-5-7-16(14)23)20(29)12-28(33(3,31)32)13-8-9-17(24)18(25)10-13/h5-10,19H,4,11-12H2,1-3H3,(H,26,30)/t19-/m0/s1. The fraction of sp³-hybridized carbons (Fsp3) is 0.333. The maximum absolute atomic E-state index is 13.8. The van der Waals surface area contributed by atoms with Gasteiger partial charge in [0.25, 0.3) is 0 Å². The molecule has 0 aliphatic heterocycles. The van der Waals surface area contributed by atoms with E-state index < -0.39 is 46.1 Å². The van der Waals surface area contributed by atoms with Gasteiger partial charge in [-0.2, -0.15) is 0 Å². The Kier molecular flexibility index (Phi) is 9.04. The highest BCUT2D eigenvalue weighted by molar-refractivity contribution is 7.92. The van der Waals surface area contributed by atoms with Gasteiger partial charge in [-0.1, -0.05) is 36.2 Å². The Labute approximate surface area is 201 Å². The molecular formula is C21H23Cl2F2N3O4S. The third kappa shape index (κ3) is 6.55. The zero-order valence-corrected chi connectivity index (χ0v) is 20.4. The number of carbonyl (C=O) groups excluding carboxylic acids is 2. The molecule has 0 aliphatic carbocycles. The topological polar surface area (TPSA) is 86.8 Å². The van der Waals surface area contributed by atoms with Gasteiger partial charge in [-0.05, 0) is 30.7 Å². The number of halogens is 4. The van der Waals surface area contributed by atoms with Crippen LogP contribution in [0.3, 0.4) is 0 Å². The number of nitrogens with zero attached hydrogens (tertiary/aromatic N) is 2. The Bertz CT molecular complexity index is 1130. The van der Waals surface area contributed by atoms with Crippen molar-refractivity contribution in [2.75, 3.05) is 24.2 Å². The van der Waals surface area contributed by atoms with Crippen LogP contribution in [-0.4, -0.2) is 51.0 Å². The van der Waals surface area contributed by atoms with Gasteiger partial charge in [0.1, 0.15) is 12.6 Å². The molecule has 33 heavy (non-hydrogen) atoms. The van der Waals surface area contributed by atoms with Crippen LogP contribution in [0.25, 0.3) is 0 Å². The van der Waals surface area contributed by atoms with E-state index in [2.05, 4.69) is 5.32 Å². The summed E-state index contributed by atoms with van der Waals surface area (Å²) >= 11 is 12.5. The first-order chi connectivity index (χ1) is 15.4. The molecule has 0 radical (unpaired) electrons. The SMILES string of the molecule is CC[C@@H](C(=O)NC)N(Cc1c(Cl)cccc1Cl)C(=O)CN(c1ccc(F)c(F)c1)S(C)(=O)=O. The lowest BCUT2D eigenvalue weighted by Crippen LogP contribution is -2.51. The molecular weight excluding hydrogens is 499 g/mol. The van der Waals surface area contributed by atoms with Crippen LogP contribution >= 0.6 is 23.2 Å². The lowest BCUT2D eigenvalue weighted by atomic mass is 10.1. The third-order valence-corrected chi connectivity index (χ3v) is 6.74. The predicted molar refractivity (Wildman–Crippen MR) is 124 cm³/mol. The third-order valence-electron chi connectivity index (χ3n) is 4.89. The Morgan fingerprint density at radius 3 is 2.18 bits per heavy atom. The molecule has 2 aromatic carbocycles. The zero-order chi connectivity index (χ0) is 24.9. The van der Waals surface area contributed by atoms with E-state index in [-0.39, 0.29) is 28.7 Å². The fourth-order valence-corrected chi connectivity index (χ4v) is 4.55. The number of likely N-dealkylation sites (N-methyl/N-ethyl adjacent to an activating group) is 1. The minimum atomic E-state index is -4.08. The number of benzene rings is 2. The summed E-state index contributed by atoms with van der Waals surface area (Å²) in [5.41, 5.74) is 0.128. The summed E-state index contributed by atoms with van der Waals surface area (Å²) in [6.45, 7) is 0.732. The highest BCUT2D eigenvalue weighted by Crippen LogP contribution is 2.28. The maximum Gasteiger partial charge on any atom is 0.244 e. The Morgan fingerprint density at radius 2 is 1.70 bits per heavy atom. The number of amides is 2. The zero-order valence-electron chi connectivity index (χ0n) is 18.1. The normalized spacial score (nSPS) is 12.2. The molecule has 12 heteroatoms. The molecule has 2 amide bonds. The summed E-state index contributed by atoms with van der Waals surface area (Å²) in [6.07, 6.45) is 1.03. The van der Waals surface area contributed by atoms with Crippen molar-refractivity contribution in [1.82, 2.24) is 10.2 Å². The van der Waals surface area contributed by atoms with Crippen LogP contribution in [0.4, 0.5) is 14.5 Å². The Balaban J connectivity index is 2.51. The number of nitrogens with one attached hydrogen (secondary N) is 1. The Hall–Kier alpha value is -2.43. The summed E-state index contributed by atoms with van der Waals surface area (Å²) in [7, 11) is -2.68. The lowest BCUT2D eigenvalue weighted by Gasteiger charge is -2.33. The predicted octanol–water partition coefficient (Wildman–Crippen LogP) is 3.59. The van der Waals surface area contributed by atoms with Gasteiger partial charge in [0.05, 0.1) is 11.9 Å². The van der Waals surface area contributed by atoms with Crippen LogP contribution < -0.4 is 9.62 Å². The van der Waals surface area contributed by atoms with E-state index in [1.54, 1.807) is 25.1 Å². The quantitative estimate of drug-likeness (QED) is 0.546. The van der Waals surface area contributed by atoms with Gasteiger partial charge >= 0.3 is 0 Å². The number of sulfonamides is 1. The largest absolute Gasteiger partial charge is 0.357 e. The molecule has 2 aromatic rings. The van der Waals surface area contributed by atoms with Gasteiger partial charge in [-0.15, -0.1) is 0 Å². The van der Waals surface area contributed by atoms with E-state index in [1.165, 1.54) is 7.05 Å². The minimum absolute atomic E-state index is 0.182. The van der Waals surface area contributed by atoms with E-state index in [4.69, 9.17) is 23.2 Å². The van der Waals surface area contributed by atoms with Crippen molar-refractivity contribution in [3.63, 3.8) is 0 Å². The minimum Gasteiger partial charge on any atom is -0.357 e. The molecule has 0 saturated heterocycles. The highest BCUT2D eigenvalue weighted by atomic mass is 35.5. The van der Waals surface area contributed by atoms with Crippen LogP contribution in [0.2, 0.25) is 10.0 Å². The van der Waals surface area contributed by atoms with Crippen LogP contribution in [0, 0.1) is 11.6 Å². The average Bonchev–Trinajstić information content (AvgIpc) is 2.74. The van der Waals surface area contributed by atoms with E-state index in [0.29, 0.717) is 15.9 Å². The fourth-order valence-electron chi connectivity index (χ4n) is 3.19. The van der Waals surface area contributed by atoms with Gasteiger partial charge in [0.2, 0.25) is 21.8 Å². The van der Waals surface area contributed by atoms with Crippen molar-refractivity contribution in [2.45, 2.75) is 25.9 Å². The lowest BCUT2D eigenvalue weighted by molar-refractivity contribution is -0.140. The highest BCUT2D eigenvalue weighted by Gasteiger charge is 2.32. The summed E-state index contributed by atoms with van der Waals surface area (Å²) < 4.78 is 52.6. The number of carbonyl (C=O) groups is 2. The molecule has 180 valence electrons. The number of hydrogen-bond acceptors (Lipinski definition) is 4. The molecule has 0 unspecified atom stereocenters. The van der Waals surface area contributed by atoms with E-state index in [9.17, 15) is 26.8 Å². The summed E-state index contributed by atoms with van der Waals surface area (Å²) in [6, 6.07) is 6.25. The first-order valence-corrected chi connectivity index (χ1v) is 12.4. The van der Waals surface area contributed by atoms with Crippen LogP contribution in [0.5, 0.6) is 0 Å². The summed E-state index contributed by atoms with van der Waals surface area (Å²) in [5.74, 6) is -3.69. The first kappa shape index (κ1) is 26.8. The van der Waals surface area contributed by atoms with Gasteiger partial charge < -0.3 is 10.2 Å². The molecule has 0 spiro atoms. The van der Waals surface area contributed by atoms with Crippen molar-refractivity contribution in [3.8, 4) is 0 Å². The molecule has 1 atom stereocenters. The summed E-state index contributed by atoms with van der Waals surface area (Å²) in [5, 5.41) is 2.99. The van der Waals surface area contributed by atoms with Crippen molar-refractivity contribution in [3.05, 3.63) is 63.6 Å². The Morgan fingerprint density at radius 1 is 1.09 bits per heavy atom. The molecule has 0 heterocycles. The van der Waals surface area contributed by atoms with Crippen LogP contribution in [0.15, 0.2) is 36.4 Å². The second-order valence-corrected chi connectivity index (χ2v) is 9.85. The van der Waals surface area contributed by atoms with E-state index in [1.807, 2.05) is 0 Å². The van der Waals surface area contributed by atoms with Gasteiger partial charge in [0.15, 0.2) is 11.6 Å². The molecule has 0 aliphatic rings. The molecule has 0 aromatic heterocycles. The monoisotopic (exact) mass is 521 g/mol. The number of anilines is 1. The van der Waals surface area contributed by atoms with Crippen molar-refractivity contribution in [2.24, 2.45) is 0 Å². The smallest absolute Gasteiger partial charge is 0.244 e. The maximum atomic E-state index is 13.8. The van der Waals surface area contributed by atoms with Gasteiger partial charge in [0, 0.05) is 35.3 Å². The molecule has 0 bridgehead atoms. The number of hydrogen-bond donors (Lipinski definition) is 1.